The third-order valence-corrected chi connectivity index (χ3v) is 8.86. The van der Waals surface area contributed by atoms with Crippen LogP contribution in [0, 0.1) is 6.92 Å². The van der Waals surface area contributed by atoms with Crippen molar-refractivity contribution in [1.29, 1.82) is 0 Å². The van der Waals surface area contributed by atoms with Crippen LogP contribution in [0.25, 0.3) is 10.4 Å². The van der Waals surface area contributed by atoms with Gasteiger partial charge in [-0.25, -0.2) is 0 Å². The zero-order valence-electron chi connectivity index (χ0n) is 16.7. The van der Waals surface area contributed by atoms with Gasteiger partial charge in [-0.3, -0.25) is 13.9 Å². The molecule has 5 rings (SSSR count). The van der Waals surface area contributed by atoms with Gasteiger partial charge in [0.1, 0.15) is 0 Å². The SMILES string of the molecule is Cc1ccccc1N1CCN(C(=O)c2cc3c(s2)-c2ccccc2S(O)(O)C3)CC1. The van der Waals surface area contributed by atoms with Crippen molar-refractivity contribution in [2.75, 3.05) is 31.1 Å². The van der Waals surface area contributed by atoms with Crippen LogP contribution in [-0.2, 0) is 5.75 Å². The lowest BCUT2D eigenvalue weighted by molar-refractivity contribution is 0.0751. The molecule has 3 heterocycles. The van der Waals surface area contributed by atoms with Gasteiger partial charge in [-0.15, -0.1) is 11.3 Å². The van der Waals surface area contributed by atoms with Gasteiger partial charge >= 0.3 is 0 Å². The average molecular weight is 441 g/mol. The van der Waals surface area contributed by atoms with Gasteiger partial charge in [0, 0.05) is 42.3 Å². The summed E-state index contributed by atoms with van der Waals surface area (Å²) >= 11 is 1.47. The molecule has 3 aromatic rings. The number of hydrogen-bond acceptors (Lipinski definition) is 5. The van der Waals surface area contributed by atoms with Gasteiger partial charge in [0.2, 0.25) is 0 Å². The highest BCUT2D eigenvalue weighted by Gasteiger charge is 2.32. The van der Waals surface area contributed by atoms with E-state index in [-0.39, 0.29) is 11.7 Å². The first kappa shape index (κ1) is 19.6. The summed E-state index contributed by atoms with van der Waals surface area (Å²) in [7, 11) is -2.86. The number of carbonyl (C=O) groups is 1. The molecule has 2 aliphatic heterocycles. The van der Waals surface area contributed by atoms with Gasteiger partial charge in [-0.2, -0.15) is 10.6 Å². The summed E-state index contributed by atoms with van der Waals surface area (Å²) in [5, 5.41) is 0. The molecule has 30 heavy (non-hydrogen) atoms. The molecule has 0 aliphatic carbocycles. The summed E-state index contributed by atoms with van der Waals surface area (Å²) in [4.78, 5) is 19.7. The molecular formula is C23H24N2O3S2. The van der Waals surface area contributed by atoms with Crippen molar-refractivity contribution in [2.45, 2.75) is 17.6 Å². The van der Waals surface area contributed by atoms with Gasteiger partial charge < -0.3 is 9.80 Å². The number of aryl methyl sites for hydroxylation is 1. The number of hydrogen-bond donors (Lipinski definition) is 2. The van der Waals surface area contributed by atoms with E-state index in [1.54, 1.807) is 6.07 Å². The highest BCUT2D eigenvalue weighted by atomic mass is 32.3. The largest absolute Gasteiger partial charge is 0.368 e. The molecule has 1 saturated heterocycles. The molecule has 0 saturated carbocycles. The van der Waals surface area contributed by atoms with E-state index >= 15 is 0 Å². The molecule has 0 spiro atoms. The Hall–Kier alpha value is -2.32. The number of anilines is 1. The lowest BCUT2D eigenvalue weighted by Gasteiger charge is -2.37. The number of piperazine rings is 1. The Labute approximate surface area is 181 Å². The van der Waals surface area contributed by atoms with Gasteiger partial charge in [-0.1, -0.05) is 36.4 Å². The summed E-state index contributed by atoms with van der Waals surface area (Å²) in [6, 6.07) is 17.6. The Morgan fingerprint density at radius 2 is 1.70 bits per heavy atom. The molecule has 7 heteroatoms. The van der Waals surface area contributed by atoms with E-state index in [9.17, 15) is 13.9 Å². The number of para-hydroxylation sites is 1. The molecule has 1 fully saturated rings. The third kappa shape index (κ3) is 3.32. The number of amides is 1. The van der Waals surface area contributed by atoms with Gasteiger partial charge in [0.25, 0.3) is 5.91 Å². The fourth-order valence-electron chi connectivity index (χ4n) is 4.33. The van der Waals surface area contributed by atoms with Crippen molar-refractivity contribution in [3.05, 3.63) is 70.6 Å². The molecule has 0 bridgehead atoms. The van der Waals surface area contributed by atoms with E-state index in [4.69, 9.17) is 0 Å². The highest BCUT2D eigenvalue weighted by molar-refractivity contribution is 8.23. The number of fused-ring (bicyclic) bond motifs is 3. The van der Waals surface area contributed by atoms with Crippen molar-refractivity contribution in [1.82, 2.24) is 4.90 Å². The van der Waals surface area contributed by atoms with Crippen LogP contribution >= 0.6 is 21.9 Å². The number of benzene rings is 2. The van der Waals surface area contributed by atoms with Crippen LogP contribution in [0.5, 0.6) is 0 Å². The van der Waals surface area contributed by atoms with Crippen LogP contribution in [0.2, 0.25) is 0 Å². The van der Waals surface area contributed by atoms with E-state index in [1.807, 2.05) is 35.2 Å². The molecular weight excluding hydrogens is 416 g/mol. The number of nitrogens with zero attached hydrogens (tertiary/aromatic N) is 2. The normalized spacial score (nSPS) is 18.5. The molecule has 5 nitrogen and oxygen atoms in total. The Balaban J connectivity index is 1.36. The Morgan fingerprint density at radius 3 is 2.47 bits per heavy atom. The van der Waals surface area contributed by atoms with Crippen LogP contribution in [0.3, 0.4) is 0 Å². The lowest BCUT2D eigenvalue weighted by Crippen LogP contribution is -2.48. The second-order valence-corrected chi connectivity index (χ2v) is 11.0. The minimum atomic E-state index is -2.86. The number of carbonyl (C=O) groups excluding carboxylic acids is 1. The van der Waals surface area contributed by atoms with Crippen LogP contribution in [0.1, 0.15) is 20.8 Å². The number of thiophene rings is 1. The van der Waals surface area contributed by atoms with E-state index < -0.39 is 10.6 Å². The second-order valence-electron chi connectivity index (χ2n) is 7.84. The van der Waals surface area contributed by atoms with E-state index in [2.05, 4.69) is 30.0 Å². The van der Waals surface area contributed by atoms with Crippen molar-refractivity contribution < 1.29 is 13.9 Å². The lowest BCUT2D eigenvalue weighted by atomic mass is 10.1. The summed E-state index contributed by atoms with van der Waals surface area (Å²) in [5.74, 6) is 0.220. The molecule has 2 N–H and O–H groups in total. The first-order chi connectivity index (χ1) is 14.4. The summed E-state index contributed by atoms with van der Waals surface area (Å²) in [6.45, 7) is 5.10. The molecule has 0 unspecified atom stereocenters. The number of rotatable bonds is 2. The minimum absolute atomic E-state index is 0.0350. The maximum absolute atomic E-state index is 13.2. The minimum Gasteiger partial charge on any atom is -0.368 e. The van der Waals surface area contributed by atoms with Crippen LogP contribution < -0.4 is 4.90 Å². The molecule has 0 radical (unpaired) electrons. The van der Waals surface area contributed by atoms with Crippen molar-refractivity contribution in [2.24, 2.45) is 0 Å². The summed E-state index contributed by atoms with van der Waals surface area (Å²) in [5.41, 5.74) is 4.19. The predicted octanol–water partition coefficient (Wildman–Crippen LogP) is 5.31. The van der Waals surface area contributed by atoms with Crippen LogP contribution in [0.4, 0.5) is 5.69 Å². The maximum atomic E-state index is 13.2. The summed E-state index contributed by atoms with van der Waals surface area (Å²) in [6.07, 6.45) is 0. The van der Waals surface area contributed by atoms with Crippen molar-refractivity contribution >= 4 is 33.5 Å². The predicted molar refractivity (Wildman–Crippen MR) is 124 cm³/mol. The van der Waals surface area contributed by atoms with E-state index in [1.165, 1.54) is 22.6 Å². The first-order valence-corrected chi connectivity index (χ1v) is 12.6. The van der Waals surface area contributed by atoms with Crippen LogP contribution in [-0.4, -0.2) is 46.1 Å². The Morgan fingerprint density at radius 1 is 1.00 bits per heavy atom. The van der Waals surface area contributed by atoms with Crippen molar-refractivity contribution in [3.8, 4) is 10.4 Å². The first-order valence-electron chi connectivity index (χ1n) is 10.0. The monoisotopic (exact) mass is 440 g/mol. The quantitative estimate of drug-likeness (QED) is 0.567. The third-order valence-electron chi connectivity index (χ3n) is 5.88. The van der Waals surface area contributed by atoms with Gasteiger partial charge in [0.15, 0.2) is 0 Å². The second kappa shape index (κ2) is 7.42. The fraction of sp³-hybridized carbons (Fsp3) is 0.261. The highest BCUT2D eigenvalue weighted by Crippen LogP contribution is 2.60. The molecule has 156 valence electrons. The molecule has 2 aliphatic rings. The molecule has 1 aromatic heterocycles. The zero-order chi connectivity index (χ0) is 20.9. The Kier molecular flexibility index (Phi) is 4.86. The maximum Gasteiger partial charge on any atom is 0.264 e. The topological polar surface area (TPSA) is 64.0 Å². The molecule has 1 amide bonds. The smallest absolute Gasteiger partial charge is 0.264 e. The van der Waals surface area contributed by atoms with E-state index in [0.29, 0.717) is 22.9 Å². The van der Waals surface area contributed by atoms with E-state index in [0.717, 1.165) is 29.1 Å². The summed E-state index contributed by atoms with van der Waals surface area (Å²) < 4.78 is 21.1. The zero-order valence-corrected chi connectivity index (χ0v) is 18.4. The van der Waals surface area contributed by atoms with Crippen molar-refractivity contribution in [3.63, 3.8) is 0 Å². The van der Waals surface area contributed by atoms with Gasteiger partial charge in [0.05, 0.1) is 15.5 Å². The standard InChI is InChI=1S/C23H24N2O3S2/c1-16-6-2-4-8-19(16)24-10-12-25(13-11-24)23(26)20-14-17-15-30(27,28)21-9-5-3-7-18(21)22(17)29-20/h2-9,14,27-28H,10-13,15H2,1H3. The van der Waals surface area contributed by atoms with Crippen LogP contribution in [0.15, 0.2) is 59.5 Å². The molecule has 2 aromatic carbocycles. The van der Waals surface area contributed by atoms with Gasteiger partial charge in [-0.05, 0) is 36.2 Å². The average Bonchev–Trinajstić information content (AvgIpc) is 3.17. The molecule has 0 atom stereocenters. The fourth-order valence-corrected chi connectivity index (χ4v) is 7.31. The Bertz CT molecular complexity index is 1120.